The van der Waals surface area contributed by atoms with Crippen LogP contribution < -0.4 is 0 Å². The Morgan fingerprint density at radius 3 is 3.11 bits per heavy atom. The van der Waals surface area contributed by atoms with Gasteiger partial charge in [0, 0.05) is 6.20 Å². The summed E-state index contributed by atoms with van der Waals surface area (Å²) in [5, 5.41) is 10.5. The van der Waals surface area contributed by atoms with Gasteiger partial charge in [0.15, 0.2) is 0 Å². The van der Waals surface area contributed by atoms with E-state index < -0.39 is 0 Å². The molecule has 0 spiro atoms. The van der Waals surface area contributed by atoms with Gasteiger partial charge in [-0.05, 0) is 16.8 Å². The quantitative estimate of drug-likeness (QED) is 0.578. The molecule has 4 heteroatoms. The molecule has 0 aliphatic carbocycles. The predicted molar refractivity (Wildman–Crippen MR) is 33.4 cm³/mol. The highest BCUT2D eigenvalue weighted by molar-refractivity contribution is 5.16. The molecule has 0 radical (unpaired) electrons. The minimum atomic E-state index is 1.000. The lowest BCUT2D eigenvalue weighted by atomic mass is 10.5. The predicted octanol–water partition coefficient (Wildman–Crippen LogP) is 0.554. The molecule has 0 fully saturated rings. The van der Waals surface area contributed by atoms with E-state index in [9.17, 15) is 0 Å². The molecule has 0 atom stereocenters. The summed E-state index contributed by atoms with van der Waals surface area (Å²) in [5.74, 6) is 0. The molecule has 0 aromatic carbocycles. The maximum absolute atomic E-state index is 3.62. The van der Waals surface area contributed by atoms with Gasteiger partial charge < -0.3 is 0 Å². The van der Waals surface area contributed by atoms with Crippen molar-refractivity contribution < 1.29 is 0 Å². The molecule has 9 heavy (non-hydrogen) atoms. The maximum Gasteiger partial charge on any atom is 0.143 e. The second-order valence-corrected chi connectivity index (χ2v) is 1.58. The van der Waals surface area contributed by atoms with Crippen LogP contribution in [-0.4, -0.2) is 20.2 Å². The van der Waals surface area contributed by atoms with Crippen LogP contribution in [0.25, 0.3) is 6.20 Å². The molecule has 1 rings (SSSR count). The van der Waals surface area contributed by atoms with Gasteiger partial charge in [0.1, 0.15) is 6.33 Å². The molecule has 0 saturated carbocycles. The normalized spacial score (nSPS) is 10.8. The summed E-state index contributed by atoms with van der Waals surface area (Å²) in [6.07, 6.45) is 6.35. The van der Waals surface area contributed by atoms with Crippen LogP contribution in [-0.2, 0) is 0 Å². The number of rotatable bonds is 2. The van der Waals surface area contributed by atoms with Crippen molar-refractivity contribution in [2.45, 2.75) is 13.3 Å². The van der Waals surface area contributed by atoms with E-state index in [0.717, 1.165) is 6.42 Å². The fourth-order valence-electron chi connectivity index (χ4n) is 0.450. The van der Waals surface area contributed by atoms with Gasteiger partial charge in [-0.2, -0.15) is 0 Å². The molecule has 0 aliphatic rings. The van der Waals surface area contributed by atoms with E-state index in [1.165, 1.54) is 0 Å². The van der Waals surface area contributed by atoms with Gasteiger partial charge in [-0.3, -0.25) is 0 Å². The lowest BCUT2D eigenvalue weighted by Gasteiger charge is -1.81. The first-order valence-corrected chi connectivity index (χ1v) is 2.82. The minimum Gasteiger partial charge on any atom is -0.208 e. The largest absolute Gasteiger partial charge is 0.208 e. The van der Waals surface area contributed by atoms with E-state index in [2.05, 4.69) is 22.4 Å². The summed E-state index contributed by atoms with van der Waals surface area (Å²) in [4.78, 5) is 0. The molecule has 0 N–H and O–H groups in total. The first kappa shape index (κ1) is 5.94. The second kappa shape index (κ2) is 2.96. The third-order valence-electron chi connectivity index (χ3n) is 0.859. The van der Waals surface area contributed by atoms with Crippen molar-refractivity contribution in [3.8, 4) is 0 Å². The monoisotopic (exact) mass is 124 g/mol. The van der Waals surface area contributed by atoms with Crippen molar-refractivity contribution >= 4 is 6.20 Å². The molecule has 1 heterocycles. The summed E-state index contributed by atoms with van der Waals surface area (Å²) in [5.41, 5.74) is 0. The van der Waals surface area contributed by atoms with Crippen molar-refractivity contribution in [1.29, 1.82) is 0 Å². The topological polar surface area (TPSA) is 43.6 Å². The van der Waals surface area contributed by atoms with E-state index >= 15 is 0 Å². The van der Waals surface area contributed by atoms with E-state index in [1.807, 2.05) is 12.3 Å². The van der Waals surface area contributed by atoms with Gasteiger partial charge in [0.2, 0.25) is 0 Å². The Bertz CT molecular complexity index is 177. The molecule has 1 aromatic rings. The molecule has 0 bridgehead atoms. The molecule has 0 aliphatic heterocycles. The highest BCUT2D eigenvalue weighted by atomic mass is 15.5. The zero-order chi connectivity index (χ0) is 6.53. The zero-order valence-corrected chi connectivity index (χ0v) is 5.23. The van der Waals surface area contributed by atoms with Crippen molar-refractivity contribution in [1.82, 2.24) is 20.2 Å². The number of hydrogen-bond acceptors (Lipinski definition) is 3. The van der Waals surface area contributed by atoms with E-state index in [-0.39, 0.29) is 0 Å². The van der Waals surface area contributed by atoms with Crippen LogP contribution >= 0.6 is 0 Å². The van der Waals surface area contributed by atoms with Crippen molar-refractivity contribution in [2.75, 3.05) is 0 Å². The molecule has 0 unspecified atom stereocenters. The van der Waals surface area contributed by atoms with Crippen LogP contribution in [0.1, 0.15) is 13.3 Å². The molecule has 1 aromatic heterocycles. The van der Waals surface area contributed by atoms with Gasteiger partial charge in [0.25, 0.3) is 0 Å². The van der Waals surface area contributed by atoms with E-state index in [1.54, 1.807) is 11.0 Å². The standard InChI is InChI=1S/C5H8N4/c1-2-3-4-9-5-6-7-8-9/h3-5H,2H2,1H3. The Kier molecular flexibility index (Phi) is 1.95. The molecule has 0 saturated heterocycles. The molecular weight excluding hydrogens is 116 g/mol. The zero-order valence-electron chi connectivity index (χ0n) is 5.23. The SMILES string of the molecule is CCC=Cn1cnnn1. The lowest BCUT2D eigenvalue weighted by Crippen LogP contribution is -1.85. The smallest absolute Gasteiger partial charge is 0.143 e. The van der Waals surface area contributed by atoms with Crippen LogP contribution in [0.15, 0.2) is 12.4 Å². The molecular formula is C5H8N4. The Balaban J connectivity index is 2.57. The summed E-state index contributed by atoms with van der Waals surface area (Å²) < 4.78 is 1.56. The summed E-state index contributed by atoms with van der Waals surface area (Å²) in [6.45, 7) is 2.06. The molecule has 48 valence electrons. The van der Waals surface area contributed by atoms with Crippen molar-refractivity contribution in [3.05, 3.63) is 12.4 Å². The fourth-order valence-corrected chi connectivity index (χ4v) is 0.450. The second-order valence-electron chi connectivity index (χ2n) is 1.58. The van der Waals surface area contributed by atoms with Gasteiger partial charge in [0.05, 0.1) is 0 Å². The highest BCUT2D eigenvalue weighted by Crippen LogP contribution is 1.82. The molecule has 0 amide bonds. The number of nitrogens with zero attached hydrogens (tertiary/aromatic N) is 4. The minimum absolute atomic E-state index is 1.000. The van der Waals surface area contributed by atoms with Crippen LogP contribution in [0.3, 0.4) is 0 Å². The van der Waals surface area contributed by atoms with E-state index in [4.69, 9.17) is 0 Å². The Morgan fingerprint density at radius 2 is 2.56 bits per heavy atom. The van der Waals surface area contributed by atoms with Crippen molar-refractivity contribution in [2.24, 2.45) is 0 Å². The summed E-state index contributed by atoms with van der Waals surface area (Å²) in [6, 6.07) is 0. The van der Waals surface area contributed by atoms with Crippen LogP contribution in [0, 0.1) is 0 Å². The number of allylic oxidation sites excluding steroid dienone is 1. The fraction of sp³-hybridized carbons (Fsp3) is 0.400. The maximum atomic E-state index is 3.62. The Hall–Kier alpha value is -1.19. The Morgan fingerprint density at radius 1 is 1.67 bits per heavy atom. The van der Waals surface area contributed by atoms with Gasteiger partial charge in [-0.15, -0.1) is 5.10 Å². The molecule has 4 nitrogen and oxygen atoms in total. The van der Waals surface area contributed by atoms with Crippen LogP contribution in [0.4, 0.5) is 0 Å². The lowest BCUT2D eigenvalue weighted by molar-refractivity contribution is 0.816. The number of hydrogen-bond donors (Lipinski definition) is 0. The summed E-state index contributed by atoms with van der Waals surface area (Å²) in [7, 11) is 0. The first-order chi connectivity index (χ1) is 4.43. The van der Waals surface area contributed by atoms with Gasteiger partial charge >= 0.3 is 0 Å². The number of tetrazole rings is 1. The third-order valence-corrected chi connectivity index (χ3v) is 0.859. The van der Waals surface area contributed by atoms with Crippen molar-refractivity contribution in [3.63, 3.8) is 0 Å². The summed E-state index contributed by atoms with van der Waals surface area (Å²) >= 11 is 0. The third kappa shape index (κ3) is 1.64. The highest BCUT2D eigenvalue weighted by Gasteiger charge is 1.79. The van der Waals surface area contributed by atoms with E-state index in [0.29, 0.717) is 0 Å². The average Bonchev–Trinajstić information content (AvgIpc) is 2.34. The first-order valence-electron chi connectivity index (χ1n) is 2.82. The number of aromatic nitrogens is 4. The van der Waals surface area contributed by atoms with Gasteiger partial charge in [-0.1, -0.05) is 13.0 Å². The average molecular weight is 124 g/mol. The van der Waals surface area contributed by atoms with Gasteiger partial charge in [-0.25, -0.2) is 4.68 Å². The van der Waals surface area contributed by atoms with Crippen LogP contribution in [0.5, 0.6) is 0 Å². The Labute approximate surface area is 53.2 Å². The van der Waals surface area contributed by atoms with Crippen LogP contribution in [0.2, 0.25) is 0 Å².